The molecule has 0 radical (unpaired) electrons. The number of H-pyrrole nitrogens is 1. The Bertz CT molecular complexity index is 676. The number of fused-ring (bicyclic) bond motifs is 1. The molecule has 0 saturated carbocycles. The zero-order valence-electron chi connectivity index (χ0n) is 13.8. The minimum atomic E-state index is -0.212. The highest BCUT2D eigenvalue weighted by atomic mass is 16.5. The molecule has 1 heterocycles. The van der Waals surface area contributed by atoms with Gasteiger partial charge in [0.25, 0.3) is 0 Å². The van der Waals surface area contributed by atoms with Crippen LogP contribution in [0.25, 0.3) is 10.9 Å². The van der Waals surface area contributed by atoms with Crippen molar-refractivity contribution in [3.05, 3.63) is 30.0 Å². The summed E-state index contributed by atoms with van der Waals surface area (Å²) in [5.74, 6) is 0.434. The summed E-state index contributed by atoms with van der Waals surface area (Å²) in [5.41, 5.74) is 2.10. The summed E-state index contributed by atoms with van der Waals surface area (Å²) >= 11 is 0. The SMILES string of the molecule is CCCC(=O)NCCc1c[nH]c2ccc(OC(=O)CCC)cc12. The normalized spacial score (nSPS) is 10.7. The first-order chi connectivity index (χ1) is 11.1. The maximum atomic E-state index is 11.6. The van der Waals surface area contributed by atoms with Crippen LogP contribution in [0.1, 0.15) is 45.1 Å². The van der Waals surface area contributed by atoms with Crippen LogP contribution in [-0.2, 0) is 16.0 Å². The van der Waals surface area contributed by atoms with Crippen molar-refractivity contribution in [2.75, 3.05) is 6.54 Å². The lowest BCUT2D eigenvalue weighted by molar-refractivity contribution is -0.134. The molecule has 1 aromatic heterocycles. The standard InChI is InChI=1S/C18H24N2O3/c1-3-5-17(21)19-10-9-13-12-20-16-8-7-14(11-15(13)16)23-18(22)6-4-2/h7-8,11-12,20H,3-6,9-10H2,1-2H3,(H,19,21). The summed E-state index contributed by atoms with van der Waals surface area (Å²) in [6.45, 7) is 4.54. The lowest BCUT2D eigenvalue weighted by Gasteiger charge is -2.05. The first kappa shape index (κ1) is 17.1. The number of carbonyl (C=O) groups is 2. The number of aromatic nitrogens is 1. The first-order valence-corrected chi connectivity index (χ1v) is 8.21. The van der Waals surface area contributed by atoms with E-state index >= 15 is 0 Å². The van der Waals surface area contributed by atoms with Crippen molar-refractivity contribution in [3.8, 4) is 5.75 Å². The highest BCUT2D eigenvalue weighted by Gasteiger charge is 2.08. The van der Waals surface area contributed by atoms with Gasteiger partial charge in [-0.1, -0.05) is 13.8 Å². The van der Waals surface area contributed by atoms with Crippen LogP contribution in [0, 0.1) is 0 Å². The molecule has 0 atom stereocenters. The van der Waals surface area contributed by atoms with E-state index in [1.165, 1.54) is 0 Å². The van der Waals surface area contributed by atoms with Crippen molar-refractivity contribution < 1.29 is 14.3 Å². The Hall–Kier alpha value is -2.30. The third-order valence-corrected chi connectivity index (χ3v) is 3.62. The monoisotopic (exact) mass is 316 g/mol. The van der Waals surface area contributed by atoms with E-state index in [1.807, 2.05) is 32.2 Å². The zero-order chi connectivity index (χ0) is 16.7. The molecule has 0 saturated heterocycles. The molecule has 2 aromatic rings. The van der Waals surface area contributed by atoms with Crippen LogP contribution in [0.2, 0.25) is 0 Å². The lowest BCUT2D eigenvalue weighted by atomic mass is 10.1. The van der Waals surface area contributed by atoms with E-state index in [0.717, 1.165) is 35.7 Å². The first-order valence-electron chi connectivity index (χ1n) is 8.21. The average Bonchev–Trinajstić information content (AvgIpc) is 2.90. The van der Waals surface area contributed by atoms with Gasteiger partial charge < -0.3 is 15.0 Å². The molecule has 0 unspecified atom stereocenters. The van der Waals surface area contributed by atoms with Gasteiger partial charge in [-0.2, -0.15) is 0 Å². The summed E-state index contributed by atoms with van der Waals surface area (Å²) in [4.78, 5) is 26.3. The molecular formula is C18H24N2O3. The number of ether oxygens (including phenoxy) is 1. The van der Waals surface area contributed by atoms with Crippen LogP contribution in [0.4, 0.5) is 0 Å². The zero-order valence-corrected chi connectivity index (χ0v) is 13.8. The second kappa shape index (κ2) is 8.36. The van der Waals surface area contributed by atoms with E-state index in [1.54, 1.807) is 6.07 Å². The lowest BCUT2D eigenvalue weighted by Crippen LogP contribution is -2.25. The summed E-state index contributed by atoms with van der Waals surface area (Å²) in [6, 6.07) is 5.57. The molecule has 0 fully saturated rings. The van der Waals surface area contributed by atoms with Crippen molar-refractivity contribution in [3.63, 3.8) is 0 Å². The number of hydrogen-bond acceptors (Lipinski definition) is 3. The highest BCUT2D eigenvalue weighted by Crippen LogP contribution is 2.24. The second-order valence-corrected chi connectivity index (χ2v) is 5.60. The van der Waals surface area contributed by atoms with Gasteiger partial charge in [0.2, 0.25) is 5.91 Å². The molecule has 0 bridgehead atoms. The number of carbonyl (C=O) groups excluding carboxylic acids is 2. The Balaban J connectivity index is 2.03. The molecule has 5 heteroatoms. The third kappa shape index (κ3) is 4.84. The molecule has 0 spiro atoms. The minimum absolute atomic E-state index is 0.0847. The predicted molar refractivity (Wildman–Crippen MR) is 90.5 cm³/mol. The van der Waals surface area contributed by atoms with Crippen LogP contribution in [0.5, 0.6) is 5.75 Å². The predicted octanol–water partition coefficient (Wildman–Crippen LogP) is 3.33. The fraction of sp³-hybridized carbons (Fsp3) is 0.444. The molecular weight excluding hydrogens is 292 g/mol. The Kier molecular flexibility index (Phi) is 6.20. The molecule has 1 aromatic carbocycles. The van der Waals surface area contributed by atoms with Crippen molar-refractivity contribution in [2.24, 2.45) is 0 Å². The number of esters is 1. The molecule has 0 aliphatic heterocycles. The van der Waals surface area contributed by atoms with E-state index in [2.05, 4.69) is 10.3 Å². The molecule has 1 amide bonds. The number of benzene rings is 1. The summed E-state index contributed by atoms with van der Waals surface area (Å²) in [7, 11) is 0. The van der Waals surface area contributed by atoms with Crippen LogP contribution in [-0.4, -0.2) is 23.4 Å². The maximum Gasteiger partial charge on any atom is 0.311 e. The number of aromatic amines is 1. The fourth-order valence-corrected chi connectivity index (χ4v) is 2.47. The maximum absolute atomic E-state index is 11.6. The number of nitrogens with one attached hydrogen (secondary N) is 2. The quantitative estimate of drug-likeness (QED) is 0.579. The Morgan fingerprint density at radius 1 is 1.17 bits per heavy atom. The van der Waals surface area contributed by atoms with Gasteiger partial charge in [0.15, 0.2) is 0 Å². The van der Waals surface area contributed by atoms with Crippen LogP contribution >= 0.6 is 0 Å². The van der Waals surface area contributed by atoms with Gasteiger partial charge in [0.05, 0.1) is 0 Å². The Morgan fingerprint density at radius 3 is 2.70 bits per heavy atom. The van der Waals surface area contributed by atoms with Crippen LogP contribution in [0.15, 0.2) is 24.4 Å². The summed E-state index contributed by atoms with van der Waals surface area (Å²) < 4.78 is 5.34. The van der Waals surface area contributed by atoms with E-state index < -0.39 is 0 Å². The molecule has 5 nitrogen and oxygen atoms in total. The Morgan fingerprint density at radius 2 is 1.96 bits per heavy atom. The van der Waals surface area contributed by atoms with E-state index in [-0.39, 0.29) is 11.9 Å². The summed E-state index contributed by atoms with van der Waals surface area (Å²) in [6.07, 6.45) is 5.28. The van der Waals surface area contributed by atoms with Gasteiger partial charge in [0.1, 0.15) is 5.75 Å². The number of hydrogen-bond donors (Lipinski definition) is 2. The molecule has 124 valence electrons. The van der Waals surface area contributed by atoms with Gasteiger partial charge >= 0.3 is 5.97 Å². The van der Waals surface area contributed by atoms with Gasteiger partial charge in [0, 0.05) is 36.5 Å². The van der Waals surface area contributed by atoms with Crippen LogP contribution in [0.3, 0.4) is 0 Å². The van der Waals surface area contributed by atoms with Crippen LogP contribution < -0.4 is 10.1 Å². The number of rotatable bonds is 8. The summed E-state index contributed by atoms with van der Waals surface area (Å²) in [5, 5.41) is 3.94. The highest BCUT2D eigenvalue weighted by molar-refractivity contribution is 5.85. The van der Waals surface area contributed by atoms with E-state index in [4.69, 9.17) is 4.74 Å². The van der Waals surface area contributed by atoms with Gasteiger partial charge in [-0.15, -0.1) is 0 Å². The molecule has 0 aliphatic rings. The second-order valence-electron chi connectivity index (χ2n) is 5.60. The van der Waals surface area contributed by atoms with Gasteiger partial charge in [-0.3, -0.25) is 9.59 Å². The largest absolute Gasteiger partial charge is 0.427 e. The van der Waals surface area contributed by atoms with E-state index in [9.17, 15) is 9.59 Å². The number of amides is 1. The molecule has 23 heavy (non-hydrogen) atoms. The van der Waals surface area contributed by atoms with Crippen molar-refractivity contribution in [2.45, 2.75) is 46.0 Å². The van der Waals surface area contributed by atoms with Gasteiger partial charge in [-0.05, 0) is 43.0 Å². The third-order valence-electron chi connectivity index (χ3n) is 3.62. The minimum Gasteiger partial charge on any atom is -0.427 e. The van der Waals surface area contributed by atoms with Gasteiger partial charge in [-0.25, -0.2) is 0 Å². The smallest absolute Gasteiger partial charge is 0.311 e. The molecule has 0 aliphatic carbocycles. The topological polar surface area (TPSA) is 71.2 Å². The molecule has 2 rings (SSSR count). The fourth-order valence-electron chi connectivity index (χ4n) is 2.47. The van der Waals surface area contributed by atoms with Crippen molar-refractivity contribution in [1.29, 1.82) is 0 Å². The Labute approximate surface area is 136 Å². The van der Waals surface area contributed by atoms with Crippen molar-refractivity contribution >= 4 is 22.8 Å². The molecule has 2 N–H and O–H groups in total. The van der Waals surface area contributed by atoms with Crippen molar-refractivity contribution in [1.82, 2.24) is 10.3 Å². The van der Waals surface area contributed by atoms with E-state index in [0.29, 0.717) is 25.1 Å². The average molecular weight is 316 g/mol.